The number of aryl methyl sites for hydroxylation is 2. The molecule has 4 heterocycles. The predicted octanol–water partition coefficient (Wildman–Crippen LogP) is 0.479. The lowest BCUT2D eigenvalue weighted by Crippen LogP contribution is -2.40. The van der Waals surface area contributed by atoms with Crippen molar-refractivity contribution in [3.63, 3.8) is 0 Å². The third kappa shape index (κ3) is 3.81. The highest BCUT2D eigenvalue weighted by atomic mass is 16.5. The molecular formula is C20H26N8O3. The van der Waals surface area contributed by atoms with Gasteiger partial charge in [-0.05, 0) is 18.2 Å². The Morgan fingerprint density at radius 2 is 1.35 bits per heavy atom. The van der Waals surface area contributed by atoms with Crippen LogP contribution in [-0.2, 0) is 23.6 Å². The van der Waals surface area contributed by atoms with E-state index >= 15 is 0 Å². The number of ether oxygens (including phenoxy) is 2. The average molecular weight is 426 g/mol. The minimum absolute atomic E-state index is 0.0588. The number of morpholine rings is 2. The predicted molar refractivity (Wildman–Crippen MR) is 117 cm³/mol. The molecule has 2 aliphatic rings. The van der Waals surface area contributed by atoms with E-state index in [2.05, 4.69) is 25.1 Å². The van der Waals surface area contributed by atoms with Crippen molar-refractivity contribution in [3.05, 3.63) is 28.7 Å². The van der Waals surface area contributed by atoms with Crippen LogP contribution in [0.4, 0.5) is 23.5 Å². The quantitative estimate of drug-likeness (QED) is 0.638. The van der Waals surface area contributed by atoms with Gasteiger partial charge in [0.1, 0.15) is 0 Å². The van der Waals surface area contributed by atoms with Gasteiger partial charge in [-0.3, -0.25) is 9.13 Å². The van der Waals surface area contributed by atoms with Crippen molar-refractivity contribution in [2.45, 2.75) is 0 Å². The van der Waals surface area contributed by atoms with Gasteiger partial charge in [-0.25, -0.2) is 4.79 Å². The van der Waals surface area contributed by atoms with E-state index in [1.165, 1.54) is 0 Å². The molecule has 31 heavy (non-hydrogen) atoms. The molecule has 0 saturated carbocycles. The SMILES string of the molecule is Cn1c(=O)n(C)c2cc(Nc3nc(N4CCOCC4)nc(N4CCOCC4)n3)ccc21. The van der Waals surface area contributed by atoms with Gasteiger partial charge in [-0.1, -0.05) is 0 Å². The summed E-state index contributed by atoms with van der Waals surface area (Å²) >= 11 is 0. The minimum atomic E-state index is -0.0588. The van der Waals surface area contributed by atoms with Gasteiger partial charge >= 0.3 is 5.69 Å². The van der Waals surface area contributed by atoms with E-state index in [0.29, 0.717) is 44.3 Å². The molecule has 3 aromatic rings. The van der Waals surface area contributed by atoms with Crippen molar-refractivity contribution < 1.29 is 9.47 Å². The first-order valence-electron chi connectivity index (χ1n) is 10.4. The Morgan fingerprint density at radius 3 is 1.94 bits per heavy atom. The van der Waals surface area contributed by atoms with Crippen molar-refractivity contribution >= 4 is 34.6 Å². The largest absolute Gasteiger partial charge is 0.378 e. The second kappa shape index (κ2) is 8.16. The Kier molecular flexibility index (Phi) is 5.20. The maximum absolute atomic E-state index is 12.2. The van der Waals surface area contributed by atoms with Crippen LogP contribution in [0.25, 0.3) is 11.0 Å². The van der Waals surface area contributed by atoms with Crippen molar-refractivity contribution in [2.75, 3.05) is 67.7 Å². The molecule has 0 unspecified atom stereocenters. The fourth-order valence-corrected chi connectivity index (χ4v) is 3.93. The van der Waals surface area contributed by atoms with Crippen molar-refractivity contribution in [2.24, 2.45) is 14.1 Å². The van der Waals surface area contributed by atoms with Crippen LogP contribution in [0.3, 0.4) is 0 Å². The molecule has 0 spiro atoms. The van der Waals surface area contributed by atoms with Gasteiger partial charge in [0.2, 0.25) is 17.8 Å². The highest BCUT2D eigenvalue weighted by Gasteiger charge is 2.21. The van der Waals surface area contributed by atoms with Crippen LogP contribution in [0.15, 0.2) is 23.0 Å². The molecule has 1 N–H and O–H groups in total. The van der Waals surface area contributed by atoms with Crippen LogP contribution in [0.5, 0.6) is 0 Å². The van der Waals surface area contributed by atoms with Crippen LogP contribution >= 0.6 is 0 Å². The zero-order chi connectivity index (χ0) is 21.4. The second-order valence-corrected chi connectivity index (χ2v) is 7.69. The van der Waals surface area contributed by atoms with E-state index in [1.807, 2.05) is 18.2 Å². The van der Waals surface area contributed by atoms with Crippen molar-refractivity contribution in [3.8, 4) is 0 Å². The Hall–Kier alpha value is -3.18. The number of fused-ring (bicyclic) bond motifs is 1. The maximum atomic E-state index is 12.2. The lowest BCUT2D eigenvalue weighted by Gasteiger charge is -2.30. The molecule has 2 saturated heterocycles. The number of rotatable bonds is 4. The number of benzene rings is 1. The molecule has 0 aliphatic carbocycles. The fraction of sp³-hybridized carbons (Fsp3) is 0.500. The second-order valence-electron chi connectivity index (χ2n) is 7.69. The Labute approximate surface area is 179 Å². The summed E-state index contributed by atoms with van der Waals surface area (Å²) in [6.45, 7) is 5.57. The molecule has 0 atom stereocenters. The monoisotopic (exact) mass is 426 g/mol. The van der Waals surface area contributed by atoms with E-state index in [1.54, 1.807) is 23.2 Å². The van der Waals surface area contributed by atoms with E-state index in [0.717, 1.165) is 42.9 Å². The van der Waals surface area contributed by atoms with Gasteiger partial charge in [-0.15, -0.1) is 0 Å². The Bertz CT molecular complexity index is 1110. The minimum Gasteiger partial charge on any atom is -0.378 e. The molecule has 11 nitrogen and oxygen atoms in total. The molecule has 164 valence electrons. The summed E-state index contributed by atoms with van der Waals surface area (Å²) in [5, 5.41) is 3.31. The summed E-state index contributed by atoms with van der Waals surface area (Å²) in [7, 11) is 3.54. The summed E-state index contributed by atoms with van der Waals surface area (Å²) < 4.78 is 14.2. The van der Waals surface area contributed by atoms with Crippen molar-refractivity contribution in [1.29, 1.82) is 0 Å². The molecule has 11 heteroatoms. The number of nitrogens with one attached hydrogen (secondary N) is 1. The van der Waals surface area contributed by atoms with E-state index in [9.17, 15) is 4.79 Å². The number of anilines is 4. The highest BCUT2D eigenvalue weighted by Crippen LogP contribution is 2.23. The fourth-order valence-electron chi connectivity index (χ4n) is 3.93. The standard InChI is InChI=1S/C20H26N8O3/c1-25-15-4-3-14(13-16(15)26(2)20(25)29)21-17-22-18(27-5-9-30-10-6-27)24-19(23-17)28-7-11-31-12-8-28/h3-4,13H,5-12H2,1-2H3,(H,21,22,23,24). The smallest absolute Gasteiger partial charge is 0.328 e. The third-order valence-electron chi connectivity index (χ3n) is 5.73. The van der Waals surface area contributed by atoms with E-state index in [4.69, 9.17) is 14.5 Å². The topological polar surface area (TPSA) is 103 Å². The first-order valence-corrected chi connectivity index (χ1v) is 10.4. The molecule has 5 rings (SSSR count). The lowest BCUT2D eigenvalue weighted by atomic mass is 10.2. The Balaban J connectivity index is 1.50. The number of aromatic nitrogens is 5. The molecular weight excluding hydrogens is 400 g/mol. The summed E-state index contributed by atoms with van der Waals surface area (Å²) in [5.74, 6) is 1.74. The number of nitrogens with zero attached hydrogens (tertiary/aromatic N) is 7. The van der Waals surface area contributed by atoms with Gasteiger partial charge in [0, 0.05) is 46.0 Å². The van der Waals surface area contributed by atoms with Crippen LogP contribution < -0.4 is 20.8 Å². The highest BCUT2D eigenvalue weighted by molar-refractivity contribution is 5.81. The van der Waals surface area contributed by atoms with Gasteiger partial charge in [0.05, 0.1) is 37.5 Å². The van der Waals surface area contributed by atoms with Gasteiger partial charge < -0.3 is 24.6 Å². The third-order valence-corrected chi connectivity index (χ3v) is 5.73. The zero-order valence-corrected chi connectivity index (χ0v) is 17.7. The first-order chi connectivity index (χ1) is 15.1. The van der Waals surface area contributed by atoms with Gasteiger partial charge in [0.25, 0.3) is 0 Å². The average Bonchev–Trinajstić information content (AvgIpc) is 3.03. The van der Waals surface area contributed by atoms with E-state index in [-0.39, 0.29) is 5.69 Å². The van der Waals surface area contributed by atoms with E-state index < -0.39 is 0 Å². The van der Waals surface area contributed by atoms with Crippen LogP contribution in [0.2, 0.25) is 0 Å². The summed E-state index contributed by atoms with van der Waals surface area (Å²) in [6, 6.07) is 5.78. The van der Waals surface area contributed by atoms with Gasteiger partial charge in [0.15, 0.2) is 0 Å². The number of imidazole rings is 1. The molecule has 2 aliphatic heterocycles. The van der Waals surface area contributed by atoms with Crippen LogP contribution in [-0.4, -0.2) is 76.7 Å². The maximum Gasteiger partial charge on any atom is 0.328 e. The zero-order valence-electron chi connectivity index (χ0n) is 17.7. The summed E-state index contributed by atoms with van der Waals surface area (Å²) in [5.41, 5.74) is 2.46. The number of hydrogen-bond donors (Lipinski definition) is 1. The molecule has 2 fully saturated rings. The lowest BCUT2D eigenvalue weighted by molar-refractivity contribution is 0.121. The summed E-state index contributed by atoms with van der Waals surface area (Å²) in [4.78, 5) is 30.6. The molecule has 0 bridgehead atoms. The molecule has 0 radical (unpaired) electrons. The van der Waals surface area contributed by atoms with Crippen LogP contribution in [0, 0.1) is 0 Å². The van der Waals surface area contributed by atoms with Crippen molar-refractivity contribution in [1.82, 2.24) is 24.1 Å². The molecule has 0 amide bonds. The summed E-state index contributed by atoms with van der Waals surface area (Å²) in [6.07, 6.45) is 0. The Morgan fingerprint density at radius 1 is 0.806 bits per heavy atom. The normalized spacial score (nSPS) is 17.4. The van der Waals surface area contributed by atoms with Crippen LogP contribution in [0.1, 0.15) is 0 Å². The number of hydrogen-bond acceptors (Lipinski definition) is 9. The molecule has 2 aromatic heterocycles. The molecule has 1 aromatic carbocycles. The van der Waals surface area contributed by atoms with Gasteiger partial charge in [-0.2, -0.15) is 15.0 Å². The first kappa shape index (κ1) is 19.8.